The molecule has 6 heteroatoms. The number of sulfonamides is 1. The van der Waals surface area contributed by atoms with E-state index in [4.69, 9.17) is 16.3 Å². The number of hydrogen-bond acceptors (Lipinski definition) is 3. The number of ether oxygens (including phenoxy) is 1. The van der Waals surface area contributed by atoms with Gasteiger partial charge in [0.2, 0.25) is 0 Å². The maximum atomic E-state index is 12.7. The van der Waals surface area contributed by atoms with Crippen LogP contribution in [0, 0.1) is 6.92 Å². The molecule has 2 rings (SSSR count). The van der Waals surface area contributed by atoms with Crippen LogP contribution >= 0.6 is 11.6 Å². The van der Waals surface area contributed by atoms with Crippen LogP contribution in [0.1, 0.15) is 5.56 Å². The highest BCUT2D eigenvalue weighted by Gasteiger charge is 2.23. The average Bonchev–Trinajstić information content (AvgIpc) is 2.46. The third-order valence-corrected chi connectivity index (χ3v) is 5.18. The molecule has 112 valence electrons. The Morgan fingerprint density at radius 1 is 1.10 bits per heavy atom. The second-order valence-corrected chi connectivity index (χ2v) is 7.01. The number of aryl methyl sites for hydroxylation is 1. The fraction of sp³-hybridized carbons (Fsp3) is 0.200. The van der Waals surface area contributed by atoms with Crippen molar-refractivity contribution in [2.45, 2.75) is 11.8 Å². The van der Waals surface area contributed by atoms with Crippen molar-refractivity contribution < 1.29 is 13.2 Å². The van der Waals surface area contributed by atoms with Crippen LogP contribution < -0.4 is 9.04 Å². The number of methoxy groups -OCH3 is 1. The van der Waals surface area contributed by atoms with Crippen molar-refractivity contribution >= 4 is 27.3 Å². The van der Waals surface area contributed by atoms with Crippen molar-refractivity contribution in [3.05, 3.63) is 53.1 Å². The van der Waals surface area contributed by atoms with E-state index >= 15 is 0 Å². The number of anilines is 1. The van der Waals surface area contributed by atoms with Gasteiger partial charge in [-0.25, -0.2) is 8.42 Å². The van der Waals surface area contributed by atoms with E-state index in [2.05, 4.69) is 0 Å². The zero-order valence-electron chi connectivity index (χ0n) is 12.0. The van der Waals surface area contributed by atoms with Gasteiger partial charge in [0.15, 0.2) is 0 Å². The third kappa shape index (κ3) is 3.14. The minimum Gasteiger partial charge on any atom is -0.495 e. The highest BCUT2D eigenvalue weighted by atomic mass is 35.5. The van der Waals surface area contributed by atoms with Gasteiger partial charge in [-0.3, -0.25) is 4.31 Å². The summed E-state index contributed by atoms with van der Waals surface area (Å²) in [5, 5.41) is 0.490. The van der Waals surface area contributed by atoms with Gasteiger partial charge in [-0.1, -0.05) is 17.7 Å². The Labute approximate surface area is 130 Å². The van der Waals surface area contributed by atoms with Crippen LogP contribution in [-0.4, -0.2) is 22.6 Å². The normalized spacial score (nSPS) is 11.2. The molecule has 0 amide bonds. The molecule has 0 N–H and O–H groups in total. The Kier molecular flexibility index (Phi) is 4.44. The van der Waals surface area contributed by atoms with Crippen LogP contribution in [0.3, 0.4) is 0 Å². The van der Waals surface area contributed by atoms with Gasteiger partial charge < -0.3 is 4.74 Å². The summed E-state index contributed by atoms with van der Waals surface area (Å²) in [5.41, 5.74) is 1.44. The molecule has 0 aliphatic carbocycles. The molecule has 0 aromatic heterocycles. The molecule has 4 nitrogen and oxygen atoms in total. The molecule has 0 radical (unpaired) electrons. The van der Waals surface area contributed by atoms with Gasteiger partial charge in [-0.05, 0) is 48.9 Å². The number of hydrogen-bond donors (Lipinski definition) is 0. The highest BCUT2D eigenvalue weighted by molar-refractivity contribution is 7.92. The fourth-order valence-electron chi connectivity index (χ4n) is 1.94. The summed E-state index contributed by atoms with van der Waals surface area (Å²) in [6.07, 6.45) is 0. The quantitative estimate of drug-likeness (QED) is 0.864. The van der Waals surface area contributed by atoms with E-state index in [9.17, 15) is 8.42 Å². The lowest BCUT2D eigenvalue weighted by molar-refractivity contribution is 0.415. The van der Waals surface area contributed by atoms with E-state index in [1.807, 2.05) is 13.0 Å². The predicted molar refractivity (Wildman–Crippen MR) is 84.8 cm³/mol. The first-order valence-electron chi connectivity index (χ1n) is 6.25. The average molecular weight is 326 g/mol. The van der Waals surface area contributed by atoms with Gasteiger partial charge in [0.1, 0.15) is 5.75 Å². The molecule has 0 bridgehead atoms. The zero-order chi connectivity index (χ0) is 15.6. The van der Waals surface area contributed by atoms with Gasteiger partial charge in [0.25, 0.3) is 10.0 Å². The molecule has 0 fully saturated rings. The number of halogens is 1. The fourth-order valence-corrected chi connectivity index (χ4v) is 3.26. The van der Waals surface area contributed by atoms with Crippen molar-refractivity contribution in [2.75, 3.05) is 18.5 Å². The molecule has 0 heterocycles. The molecule has 0 aliphatic heterocycles. The largest absolute Gasteiger partial charge is 0.495 e. The molecule has 2 aromatic rings. The van der Waals surface area contributed by atoms with Crippen molar-refractivity contribution in [1.82, 2.24) is 0 Å². The highest BCUT2D eigenvalue weighted by Crippen LogP contribution is 2.32. The van der Waals surface area contributed by atoms with E-state index in [-0.39, 0.29) is 4.90 Å². The van der Waals surface area contributed by atoms with Crippen LogP contribution in [0.2, 0.25) is 5.02 Å². The SMILES string of the molecule is COc1ccc(C)cc1N(C)S(=O)(=O)c1ccc(Cl)cc1. The summed E-state index contributed by atoms with van der Waals surface area (Å²) < 4.78 is 31.8. The molecule has 0 unspecified atom stereocenters. The Bertz CT molecular complexity index is 742. The molecule has 0 atom stereocenters. The van der Waals surface area contributed by atoms with Gasteiger partial charge in [0.05, 0.1) is 17.7 Å². The Morgan fingerprint density at radius 2 is 1.71 bits per heavy atom. The molecule has 0 aliphatic rings. The van der Waals surface area contributed by atoms with Crippen molar-refractivity contribution in [3.8, 4) is 5.75 Å². The second-order valence-electron chi connectivity index (χ2n) is 4.60. The van der Waals surface area contributed by atoms with E-state index in [0.29, 0.717) is 16.5 Å². The van der Waals surface area contributed by atoms with E-state index in [1.165, 1.54) is 30.6 Å². The molecular formula is C15H16ClNO3S. The van der Waals surface area contributed by atoms with Crippen molar-refractivity contribution in [3.63, 3.8) is 0 Å². The van der Waals surface area contributed by atoms with Crippen molar-refractivity contribution in [2.24, 2.45) is 0 Å². The number of nitrogens with zero attached hydrogens (tertiary/aromatic N) is 1. The van der Waals surface area contributed by atoms with E-state index in [1.54, 1.807) is 24.3 Å². The van der Waals surface area contributed by atoms with Gasteiger partial charge in [-0.2, -0.15) is 0 Å². The molecular weight excluding hydrogens is 310 g/mol. The first kappa shape index (κ1) is 15.7. The summed E-state index contributed by atoms with van der Waals surface area (Å²) in [5.74, 6) is 0.501. The minimum absolute atomic E-state index is 0.179. The van der Waals surface area contributed by atoms with Gasteiger partial charge in [0, 0.05) is 12.1 Å². The lowest BCUT2D eigenvalue weighted by atomic mass is 10.2. The van der Waals surface area contributed by atoms with Crippen LogP contribution in [0.15, 0.2) is 47.4 Å². The summed E-state index contributed by atoms with van der Waals surface area (Å²) in [6.45, 7) is 1.89. The van der Waals surface area contributed by atoms with Crippen LogP contribution in [0.4, 0.5) is 5.69 Å². The third-order valence-electron chi connectivity index (χ3n) is 3.15. The predicted octanol–water partition coefficient (Wildman–Crippen LogP) is 3.48. The number of rotatable bonds is 4. The van der Waals surface area contributed by atoms with Gasteiger partial charge in [-0.15, -0.1) is 0 Å². The molecule has 0 spiro atoms. The Balaban J connectivity index is 2.50. The van der Waals surface area contributed by atoms with Crippen LogP contribution in [0.25, 0.3) is 0 Å². The molecule has 0 saturated carbocycles. The standard InChI is InChI=1S/C15H16ClNO3S/c1-11-4-9-15(20-3)14(10-11)17(2)21(18,19)13-7-5-12(16)6-8-13/h4-10H,1-3H3. The lowest BCUT2D eigenvalue weighted by Gasteiger charge is -2.22. The van der Waals surface area contributed by atoms with E-state index < -0.39 is 10.0 Å². The summed E-state index contributed by atoms with van der Waals surface area (Å²) in [7, 11) is -0.651. The van der Waals surface area contributed by atoms with Crippen molar-refractivity contribution in [1.29, 1.82) is 0 Å². The summed E-state index contributed by atoms with van der Waals surface area (Å²) in [6, 6.07) is 11.5. The Morgan fingerprint density at radius 3 is 2.29 bits per heavy atom. The van der Waals surface area contributed by atoms with E-state index in [0.717, 1.165) is 5.56 Å². The minimum atomic E-state index is -3.66. The molecule has 0 saturated heterocycles. The maximum absolute atomic E-state index is 12.7. The first-order chi connectivity index (χ1) is 9.86. The topological polar surface area (TPSA) is 46.6 Å². The molecule has 21 heavy (non-hydrogen) atoms. The molecule has 2 aromatic carbocycles. The second kappa shape index (κ2) is 5.95. The zero-order valence-corrected chi connectivity index (χ0v) is 13.6. The first-order valence-corrected chi connectivity index (χ1v) is 8.07. The van der Waals surface area contributed by atoms with Gasteiger partial charge >= 0.3 is 0 Å². The van der Waals surface area contributed by atoms with Crippen LogP contribution in [0.5, 0.6) is 5.75 Å². The smallest absolute Gasteiger partial charge is 0.264 e. The summed E-state index contributed by atoms with van der Waals surface area (Å²) >= 11 is 5.80. The Hall–Kier alpha value is -1.72. The van der Waals surface area contributed by atoms with Crippen LogP contribution in [-0.2, 0) is 10.0 Å². The lowest BCUT2D eigenvalue weighted by Crippen LogP contribution is -2.27. The number of benzene rings is 2. The monoisotopic (exact) mass is 325 g/mol. The summed E-state index contributed by atoms with van der Waals surface area (Å²) in [4.78, 5) is 0.179. The maximum Gasteiger partial charge on any atom is 0.264 e.